The van der Waals surface area contributed by atoms with E-state index in [1.165, 1.54) is 0 Å². The molecule has 0 aliphatic heterocycles. The molecule has 0 atom stereocenters. The molecule has 2 rings (SSSR count). The molecular weight excluding hydrogens is 330 g/mol. The fourth-order valence-electron chi connectivity index (χ4n) is 3.09. The Morgan fingerprint density at radius 2 is 1.75 bits per heavy atom. The van der Waals surface area contributed by atoms with Crippen molar-refractivity contribution < 1.29 is 23.1 Å². The highest BCUT2D eigenvalue weighted by molar-refractivity contribution is 7.92. The fraction of sp³-hybridized carbons (Fsp3) is 0.529. The Labute approximate surface area is 142 Å². The molecule has 1 aliphatic carbocycles. The zero-order valence-corrected chi connectivity index (χ0v) is 14.3. The summed E-state index contributed by atoms with van der Waals surface area (Å²) in [7, 11) is -3.55. The summed E-state index contributed by atoms with van der Waals surface area (Å²) >= 11 is 0. The largest absolute Gasteiger partial charge is 0.480 e. The van der Waals surface area contributed by atoms with Gasteiger partial charge in [-0.05, 0) is 31.2 Å². The van der Waals surface area contributed by atoms with Gasteiger partial charge in [-0.15, -0.1) is 0 Å². The number of sulfone groups is 1. The number of benzene rings is 1. The summed E-state index contributed by atoms with van der Waals surface area (Å²) in [6, 6.07) is 9.53. The first-order valence-electron chi connectivity index (χ1n) is 8.12. The van der Waals surface area contributed by atoms with Gasteiger partial charge in [0.05, 0.1) is 5.75 Å². The van der Waals surface area contributed by atoms with E-state index in [9.17, 15) is 23.1 Å². The summed E-state index contributed by atoms with van der Waals surface area (Å²) in [6.45, 7) is 0. The van der Waals surface area contributed by atoms with E-state index in [2.05, 4.69) is 5.32 Å². The Balaban J connectivity index is 1.84. The maximum Gasteiger partial charge on any atom is 0.329 e. The van der Waals surface area contributed by atoms with Crippen LogP contribution in [0.3, 0.4) is 0 Å². The summed E-state index contributed by atoms with van der Waals surface area (Å²) < 4.78 is 24.1. The summed E-state index contributed by atoms with van der Waals surface area (Å²) in [4.78, 5) is 23.4. The summed E-state index contributed by atoms with van der Waals surface area (Å²) in [5.41, 5.74) is -0.246. The highest BCUT2D eigenvalue weighted by Gasteiger charge is 2.42. The second kappa shape index (κ2) is 7.79. The van der Waals surface area contributed by atoms with E-state index >= 15 is 0 Å². The van der Waals surface area contributed by atoms with Gasteiger partial charge in [0.15, 0.2) is 9.84 Å². The van der Waals surface area contributed by atoms with Crippen LogP contribution in [-0.4, -0.2) is 42.4 Å². The molecule has 24 heavy (non-hydrogen) atoms. The molecule has 6 nitrogen and oxygen atoms in total. The number of carboxylic acid groups (broad SMARTS) is 1. The third-order valence-electron chi connectivity index (χ3n) is 4.36. The molecule has 7 heteroatoms. The second-order valence-electron chi connectivity index (χ2n) is 6.32. The van der Waals surface area contributed by atoms with Crippen LogP contribution < -0.4 is 5.32 Å². The molecule has 0 aromatic heterocycles. The lowest BCUT2D eigenvalue weighted by molar-refractivity contribution is -0.147. The molecule has 0 bridgehead atoms. The van der Waals surface area contributed by atoms with Crippen LogP contribution in [0.2, 0.25) is 0 Å². The Morgan fingerprint density at radius 3 is 2.33 bits per heavy atom. The number of hydrogen-bond donors (Lipinski definition) is 2. The van der Waals surface area contributed by atoms with Crippen LogP contribution >= 0.6 is 0 Å². The molecule has 1 aromatic carbocycles. The summed E-state index contributed by atoms with van der Waals surface area (Å²) in [5.74, 6) is -2.56. The Bertz CT molecular complexity index is 678. The van der Waals surface area contributed by atoms with Gasteiger partial charge in [0.25, 0.3) is 0 Å². The van der Waals surface area contributed by atoms with Crippen molar-refractivity contribution in [2.75, 3.05) is 11.5 Å². The van der Waals surface area contributed by atoms with Crippen molar-refractivity contribution >= 4 is 21.7 Å². The minimum absolute atomic E-state index is 0.0879. The highest BCUT2D eigenvalue weighted by atomic mass is 32.2. The van der Waals surface area contributed by atoms with Crippen LogP contribution in [0.15, 0.2) is 30.3 Å². The number of carbonyl (C=O) groups excluding carboxylic acids is 1. The zero-order valence-electron chi connectivity index (χ0n) is 13.5. The van der Waals surface area contributed by atoms with E-state index in [-0.39, 0.29) is 5.75 Å². The summed E-state index contributed by atoms with van der Waals surface area (Å²) in [6.07, 6.45) is 3.20. The Morgan fingerprint density at radius 1 is 1.12 bits per heavy atom. The van der Waals surface area contributed by atoms with Gasteiger partial charge >= 0.3 is 5.97 Å². The van der Waals surface area contributed by atoms with Crippen LogP contribution in [0.5, 0.6) is 0 Å². The van der Waals surface area contributed by atoms with E-state index in [4.69, 9.17) is 0 Å². The molecule has 0 unspecified atom stereocenters. The predicted octanol–water partition coefficient (Wildman–Crippen LogP) is 1.55. The molecule has 132 valence electrons. The summed E-state index contributed by atoms with van der Waals surface area (Å²) in [5, 5.41) is 11.8. The molecule has 1 aromatic rings. The monoisotopic (exact) mass is 353 g/mol. The highest BCUT2D eigenvalue weighted by Crippen LogP contribution is 2.29. The lowest BCUT2D eigenvalue weighted by Gasteiger charge is -2.25. The third-order valence-corrected chi connectivity index (χ3v) is 5.97. The molecule has 0 spiro atoms. The van der Waals surface area contributed by atoms with Gasteiger partial charge in [0, 0.05) is 0 Å². The van der Waals surface area contributed by atoms with Gasteiger partial charge < -0.3 is 10.4 Å². The van der Waals surface area contributed by atoms with Crippen molar-refractivity contribution in [1.29, 1.82) is 0 Å². The van der Waals surface area contributed by atoms with Crippen molar-refractivity contribution in [3.8, 4) is 0 Å². The van der Waals surface area contributed by atoms with Crippen molar-refractivity contribution in [1.82, 2.24) is 5.32 Å². The number of aliphatic carboxylic acids is 1. The number of hydrogen-bond acceptors (Lipinski definition) is 4. The zero-order chi connectivity index (χ0) is 17.6. The van der Waals surface area contributed by atoms with Crippen molar-refractivity contribution in [2.45, 2.75) is 44.1 Å². The van der Waals surface area contributed by atoms with Gasteiger partial charge in [0.1, 0.15) is 11.3 Å². The van der Waals surface area contributed by atoms with E-state index in [1.807, 2.05) is 30.3 Å². The van der Waals surface area contributed by atoms with Crippen LogP contribution in [0.1, 0.15) is 37.7 Å². The molecule has 0 saturated heterocycles. The standard InChI is InChI=1S/C17H23NO5S/c19-15(18-17(16(20)21)10-4-5-11-17)13-24(22,23)12-6-9-14-7-2-1-3-8-14/h1-3,7-8H,4-6,9-13H2,(H,18,19)(H,20,21). The minimum Gasteiger partial charge on any atom is -0.480 e. The molecule has 1 aliphatic rings. The average molecular weight is 353 g/mol. The maximum atomic E-state index is 12.1. The van der Waals surface area contributed by atoms with E-state index in [1.54, 1.807) is 0 Å². The number of amides is 1. The van der Waals surface area contributed by atoms with Gasteiger partial charge in [-0.3, -0.25) is 4.79 Å². The quantitative estimate of drug-likeness (QED) is 0.738. The molecule has 0 radical (unpaired) electrons. The molecule has 2 N–H and O–H groups in total. The molecule has 1 fully saturated rings. The normalized spacial score (nSPS) is 16.7. The predicted molar refractivity (Wildman–Crippen MR) is 90.4 cm³/mol. The third kappa shape index (κ3) is 5.06. The van der Waals surface area contributed by atoms with E-state index < -0.39 is 33.0 Å². The van der Waals surface area contributed by atoms with Crippen molar-refractivity contribution in [3.63, 3.8) is 0 Å². The lowest BCUT2D eigenvalue weighted by atomic mass is 9.98. The number of aryl methyl sites for hydroxylation is 1. The number of carbonyl (C=O) groups is 2. The van der Waals surface area contributed by atoms with E-state index in [0.717, 1.165) is 18.4 Å². The van der Waals surface area contributed by atoms with Crippen LogP contribution in [-0.2, 0) is 25.8 Å². The molecular formula is C17H23NO5S. The first-order valence-corrected chi connectivity index (χ1v) is 9.94. The van der Waals surface area contributed by atoms with Crippen molar-refractivity contribution in [2.24, 2.45) is 0 Å². The van der Waals surface area contributed by atoms with Gasteiger partial charge in [-0.1, -0.05) is 43.2 Å². The topological polar surface area (TPSA) is 101 Å². The van der Waals surface area contributed by atoms with Gasteiger partial charge in [-0.2, -0.15) is 0 Å². The maximum absolute atomic E-state index is 12.1. The number of nitrogens with one attached hydrogen (secondary N) is 1. The average Bonchev–Trinajstić information content (AvgIpc) is 2.97. The SMILES string of the molecule is O=C(CS(=O)(=O)CCCc1ccccc1)NC1(C(=O)O)CCCC1. The first kappa shape index (κ1) is 18.4. The van der Waals surface area contributed by atoms with E-state index in [0.29, 0.717) is 25.7 Å². The Hall–Kier alpha value is -1.89. The number of rotatable bonds is 8. The van der Waals surface area contributed by atoms with Gasteiger partial charge in [0.2, 0.25) is 5.91 Å². The van der Waals surface area contributed by atoms with Gasteiger partial charge in [-0.25, -0.2) is 13.2 Å². The molecule has 1 amide bonds. The second-order valence-corrected chi connectivity index (χ2v) is 8.51. The lowest BCUT2D eigenvalue weighted by Crippen LogP contribution is -2.54. The number of carboxylic acids is 1. The van der Waals surface area contributed by atoms with Crippen LogP contribution in [0.25, 0.3) is 0 Å². The smallest absolute Gasteiger partial charge is 0.329 e. The Kier molecular flexibility index (Phi) is 5.99. The van der Waals surface area contributed by atoms with Crippen LogP contribution in [0.4, 0.5) is 0 Å². The molecule has 1 saturated carbocycles. The fourth-order valence-corrected chi connectivity index (χ4v) is 4.29. The van der Waals surface area contributed by atoms with Crippen LogP contribution in [0, 0.1) is 0 Å². The minimum atomic E-state index is -3.55. The first-order chi connectivity index (χ1) is 11.3. The van der Waals surface area contributed by atoms with Crippen molar-refractivity contribution in [3.05, 3.63) is 35.9 Å². The molecule has 0 heterocycles.